The fraction of sp³-hybridized carbons (Fsp3) is 0.0833. The molecule has 0 aliphatic carbocycles. The van der Waals surface area contributed by atoms with Gasteiger partial charge in [-0.1, -0.05) is 18.2 Å². The number of hydrogen-bond donors (Lipinski definition) is 1. The number of nitrogens with zero attached hydrogens (tertiary/aromatic N) is 1. The van der Waals surface area contributed by atoms with Crippen LogP contribution in [0.15, 0.2) is 54.9 Å². The summed E-state index contributed by atoms with van der Waals surface area (Å²) < 4.78 is 0. The normalized spacial score (nSPS) is 9.07. The van der Waals surface area contributed by atoms with E-state index in [-0.39, 0.29) is 12.4 Å². The molecule has 0 aliphatic heterocycles. The van der Waals surface area contributed by atoms with Crippen LogP contribution in [0.3, 0.4) is 0 Å². The average molecular weight is 221 g/mol. The van der Waals surface area contributed by atoms with Gasteiger partial charge in [-0.05, 0) is 29.8 Å². The van der Waals surface area contributed by atoms with Crippen LogP contribution in [-0.4, -0.2) is 4.98 Å². The summed E-state index contributed by atoms with van der Waals surface area (Å²) in [5.74, 6) is 0. The zero-order valence-electron chi connectivity index (χ0n) is 8.26. The number of anilines is 1. The summed E-state index contributed by atoms with van der Waals surface area (Å²) in [6.45, 7) is 0.840. The van der Waals surface area contributed by atoms with E-state index in [2.05, 4.69) is 22.4 Å². The first kappa shape index (κ1) is 11.5. The van der Waals surface area contributed by atoms with Gasteiger partial charge < -0.3 is 5.32 Å². The summed E-state index contributed by atoms with van der Waals surface area (Å²) in [5.41, 5.74) is 2.38. The first-order chi connectivity index (χ1) is 6.95. The maximum atomic E-state index is 3.97. The van der Waals surface area contributed by atoms with Gasteiger partial charge in [0.05, 0.1) is 0 Å². The maximum absolute atomic E-state index is 3.97. The first-order valence-corrected chi connectivity index (χ1v) is 4.63. The summed E-state index contributed by atoms with van der Waals surface area (Å²) in [6, 6.07) is 14.2. The van der Waals surface area contributed by atoms with E-state index in [1.807, 2.05) is 42.7 Å². The molecule has 0 unspecified atom stereocenters. The smallest absolute Gasteiger partial charge is 0.0401 e. The number of benzene rings is 1. The molecule has 0 fully saturated rings. The molecule has 0 radical (unpaired) electrons. The standard InChI is InChI=1S/C12H12N2.ClH/c1-2-4-12(5-3-1)14-10-11-6-8-13-9-7-11;/h1-9,14H,10H2;1H. The highest BCUT2D eigenvalue weighted by atomic mass is 35.5. The van der Waals surface area contributed by atoms with Crippen LogP contribution in [-0.2, 0) is 6.54 Å². The molecule has 0 spiro atoms. The molecule has 0 atom stereocenters. The van der Waals surface area contributed by atoms with Crippen molar-refractivity contribution in [2.24, 2.45) is 0 Å². The zero-order chi connectivity index (χ0) is 9.64. The summed E-state index contributed by atoms with van der Waals surface area (Å²) in [6.07, 6.45) is 3.62. The Morgan fingerprint density at radius 2 is 1.60 bits per heavy atom. The highest BCUT2D eigenvalue weighted by molar-refractivity contribution is 5.85. The van der Waals surface area contributed by atoms with Crippen LogP contribution < -0.4 is 5.32 Å². The molecule has 2 nitrogen and oxygen atoms in total. The van der Waals surface area contributed by atoms with Crippen molar-refractivity contribution in [1.29, 1.82) is 0 Å². The Morgan fingerprint density at radius 3 is 2.27 bits per heavy atom. The quantitative estimate of drug-likeness (QED) is 0.860. The van der Waals surface area contributed by atoms with E-state index < -0.39 is 0 Å². The molecule has 78 valence electrons. The fourth-order valence-electron chi connectivity index (χ4n) is 1.26. The van der Waals surface area contributed by atoms with Gasteiger partial charge in [0.1, 0.15) is 0 Å². The number of para-hydroxylation sites is 1. The van der Waals surface area contributed by atoms with E-state index in [4.69, 9.17) is 0 Å². The SMILES string of the molecule is Cl.c1ccc(NCc2ccncc2)cc1. The molecule has 2 rings (SSSR count). The number of rotatable bonds is 3. The molecule has 1 heterocycles. The van der Waals surface area contributed by atoms with Crippen molar-refractivity contribution in [2.75, 3.05) is 5.32 Å². The first-order valence-electron chi connectivity index (χ1n) is 4.63. The Hall–Kier alpha value is -1.54. The summed E-state index contributed by atoms with van der Waals surface area (Å²) in [7, 11) is 0. The lowest BCUT2D eigenvalue weighted by Gasteiger charge is -2.05. The number of halogens is 1. The molecule has 0 aliphatic rings. The van der Waals surface area contributed by atoms with E-state index >= 15 is 0 Å². The van der Waals surface area contributed by atoms with Crippen LogP contribution >= 0.6 is 12.4 Å². The van der Waals surface area contributed by atoms with Crippen molar-refractivity contribution in [2.45, 2.75) is 6.54 Å². The van der Waals surface area contributed by atoms with Gasteiger partial charge in [0, 0.05) is 24.6 Å². The molecule has 1 N–H and O–H groups in total. The van der Waals surface area contributed by atoms with Gasteiger partial charge in [-0.3, -0.25) is 4.98 Å². The van der Waals surface area contributed by atoms with Crippen LogP contribution in [0.2, 0.25) is 0 Å². The highest BCUT2D eigenvalue weighted by Crippen LogP contribution is 2.07. The van der Waals surface area contributed by atoms with Gasteiger partial charge in [-0.15, -0.1) is 12.4 Å². The number of hydrogen-bond acceptors (Lipinski definition) is 2. The van der Waals surface area contributed by atoms with E-state index in [1.54, 1.807) is 0 Å². The predicted octanol–water partition coefficient (Wildman–Crippen LogP) is 3.12. The minimum Gasteiger partial charge on any atom is -0.381 e. The van der Waals surface area contributed by atoms with Crippen LogP contribution in [0.4, 0.5) is 5.69 Å². The van der Waals surface area contributed by atoms with Gasteiger partial charge in [0.25, 0.3) is 0 Å². The second-order valence-corrected chi connectivity index (χ2v) is 3.08. The lowest BCUT2D eigenvalue weighted by Crippen LogP contribution is -1.98. The van der Waals surface area contributed by atoms with Crippen molar-refractivity contribution in [1.82, 2.24) is 4.98 Å². The van der Waals surface area contributed by atoms with E-state index in [0.717, 1.165) is 12.2 Å². The van der Waals surface area contributed by atoms with Crippen LogP contribution in [0.5, 0.6) is 0 Å². The van der Waals surface area contributed by atoms with Gasteiger partial charge >= 0.3 is 0 Å². The number of aromatic nitrogens is 1. The summed E-state index contributed by atoms with van der Waals surface area (Å²) in [5, 5.41) is 3.33. The predicted molar refractivity (Wildman–Crippen MR) is 65.3 cm³/mol. The second-order valence-electron chi connectivity index (χ2n) is 3.08. The zero-order valence-corrected chi connectivity index (χ0v) is 9.08. The van der Waals surface area contributed by atoms with Gasteiger partial charge in [-0.25, -0.2) is 0 Å². The minimum absolute atomic E-state index is 0. The molecule has 15 heavy (non-hydrogen) atoms. The molecule has 3 heteroatoms. The number of pyridine rings is 1. The van der Waals surface area contributed by atoms with Gasteiger partial charge in [0.15, 0.2) is 0 Å². The lowest BCUT2D eigenvalue weighted by molar-refractivity contribution is 1.13. The Bertz CT molecular complexity index is 336. The second kappa shape index (κ2) is 6.04. The molecule has 0 bridgehead atoms. The maximum Gasteiger partial charge on any atom is 0.0401 e. The summed E-state index contributed by atoms with van der Waals surface area (Å²) >= 11 is 0. The van der Waals surface area contributed by atoms with E-state index in [1.165, 1.54) is 5.56 Å². The Morgan fingerprint density at radius 1 is 0.933 bits per heavy atom. The number of nitrogens with one attached hydrogen (secondary N) is 1. The molecular weight excluding hydrogens is 208 g/mol. The van der Waals surface area contributed by atoms with Crippen molar-refractivity contribution in [3.63, 3.8) is 0 Å². The van der Waals surface area contributed by atoms with Crippen LogP contribution in [0.1, 0.15) is 5.56 Å². The van der Waals surface area contributed by atoms with E-state index in [0.29, 0.717) is 0 Å². The third-order valence-corrected chi connectivity index (χ3v) is 2.02. The highest BCUT2D eigenvalue weighted by Gasteiger charge is 1.91. The van der Waals surface area contributed by atoms with Crippen molar-refractivity contribution in [3.05, 3.63) is 60.4 Å². The minimum atomic E-state index is 0. The van der Waals surface area contributed by atoms with Gasteiger partial charge in [0.2, 0.25) is 0 Å². The van der Waals surface area contributed by atoms with Crippen molar-refractivity contribution < 1.29 is 0 Å². The fourth-order valence-corrected chi connectivity index (χ4v) is 1.26. The van der Waals surface area contributed by atoms with Crippen LogP contribution in [0.25, 0.3) is 0 Å². The van der Waals surface area contributed by atoms with Crippen molar-refractivity contribution in [3.8, 4) is 0 Å². The lowest BCUT2D eigenvalue weighted by atomic mass is 10.2. The average Bonchev–Trinajstić information content (AvgIpc) is 2.29. The van der Waals surface area contributed by atoms with E-state index in [9.17, 15) is 0 Å². The Labute approximate surface area is 95.8 Å². The molecule has 0 saturated heterocycles. The van der Waals surface area contributed by atoms with Crippen LogP contribution in [0, 0.1) is 0 Å². The Balaban J connectivity index is 0.00000112. The largest absolute Gasteiger partial charge is 0.381 e. The molecule has 2 aromatic rings. The topological polar surface area (TPSA) is 24.9 Å². The molecule has 0 amide bonds. The third-order valence-electron chi connectivity index (χ3n) is 2.02. The molecule has 1 aromatic heterocycles. The van der Waals surface area contributed by atoms with Gasteiger partial charge in [-0.2, -0.15) is 0 Å². The monoisotopic (exact) mass is 220 g/mol. The molecular formula is C12H13ClN2. The summed E-state index contributed by atoms with van der Waals surface area (Å²) in [4.78, 5) is 3.97. The third kappa shape index (κ3) is 3.60. The molecule has 0 saturated carbocycles. The molecule has 1 aromatic carbocycles. The van der Waals surface area contributed by atoms with Crippen molar-refractivity contribution >= 4 is 18.1 Å². The Kier molecular flexibility index (Phi) is 4.64.